The van der Waals surface area contributed by atoms with Gasteiger partial charge >= 0.3 is 0 Å². The van der Waals surface area contributed by atoms with Crippen molar-refractivity contribution in [2.24, 2.45) is 0 Å². The molecule has 5 heteroatoms. The number of ether oxygens (including phenoxy) is 2. The van der Waals surface area contributed by atoms with Crippen molar-refractivity contribution in [3.05, 3.63) is 89.2 Å². The van der Waals surface area contributed by atoms with Crippen LogP contribution in [0.25, 0.3) is 0 Å². The van der Waals surface area contributed by atoms with Crippen LogP contribution in [-0.4, -0.2) is 30.0 Å². The molecule has 0 saturated heterocycles. The highest BCUT2D eigenvalue weighted by atomic mass is 16.5. The minimum atomic E-state index is -0.0747. The third-order valence-electron chi connectivity index (χ3n) is 4.82. The number of hydrogen-bond acceptors (Lipinski definition) is 4. The van der Waals surface area contributed by atoms with E-state index in [1.54, 1.807) is 44.8 Å². The molecule has 0 aliphatic heterocycles. The molecule has 0 bridgehead atoms. The number of aromatic nitrogens is 1. The molecule has 1 amide bonds. The Morgan fingerprint density at radius 2 is 1.59 bits per heavy atom. The molecule has 0 unspecified atom stereocenters. The zero-order valence-electron chi connectivity index (χ0n) is 17.1. The SMILES string of the molecule is CCc1ccc(CN(Cc2cccnc2)C(=O)c2ccc(OC)c(OC)c2)cc1. The van der Waals surface area contributed by atoms with Gasteiger partial charge < -0.3 is 14.4 Å². The van der Waals surface area contributed by atoms with Crippen molar-refractivity contribution < 1.29 is 14.3 Å². The van der Waals surface area contributed by atoms with Crippen molar-refractivity contribution in [2.45, 2.75) is 26.4 Å². The maximum Gasteiger partial charge on any atom is 0.254 e. The van der Waals surface area contributed by atoms with Crippen LogP contribution in [0.2, 0.25) is 0 Å². The summed E-state index contributed by atoms with van der Waals surface area (Å²) in [6.07, 6.45) is 4.51. The van der Waals surface area contributed by atoms with Gasteiger partial charge in [0.2, 0.25) is 0 Å². The molecule has 0 radical (unpaired) electrons. The zero-order chi connectivity index (χ0) is 20.6. The number of rotatable bonds is 8. The van der Waals surface area contributed by atoms with E-state index in [1.165, 1.54) is 5.56 Å². The van der Waals surface area contributed by atoms with Crippen molar-refractivity contribution in [3.63, 3.8) is 0 Å². The van der Waals surface area contributed by atoms with Gasteiger partial charge in [0.25, 0.3) is 5.91 Å². The highest BCUT2D eigenvalue weighted by Gasteiger charge is 2.19. The third kappa shape index (κ3) is 5.13. The highest BCUT2D eigenvalue weighted by molar-refractivity contribution is 5.95. The summed E-state index contributed by atoms with van der Waals surface area (Å²) >= 11 is 0. The molecule has 0 spiro atoms. The van der Waals surface area contributed by atoms with Crippen LogP contribution in [0, 0.1) is 0 Å². The van der Waals surface area contributed by atoms with Crippen LogP contribution in [0.5, 0.6) is 11.5 Å². The van der Waals surface area contributed by atoms with Gasteiger partial charge in [-0.3, -0.25) is 9.78 Å². The van der Waals surface area contributed by atoms with Crippen molar-refractivity contribution >= 4 is 5.91 Å². The van der Waals surface area contributed by atoms with E-state index < -0.39 is 0 Å². The van der Waals surface area contributed by atoms with E-state index in [4.69, 9.17) is 9.47 Å². The summed E-state index contributed by atoms with van der Waals surface area (Å²) in [5, 5.41) is 0. The Labute approximate surface area is 171 Å². The second-order valence-corrected chi connectivity index (χ2v) is 6.76. The van der Waals surface area contributed by atoms with Crippen LogP contribution in [0.1, 0.15) is 34.0 Å². The summed E-state index contributed by atoms with van der Waals surface area (Å²) in [6, 6.07) is 17.5. The van der Waals surface area contributed by atoms with Crippen LogP contribution >= 0.6 is 0 Å². The van der Waals surface area contributed by atoms with Gasteiger partial charge in [-0.2, -0.15) is 0 Å². The lowest BCUT2D eigenvalue weighted by molar-refractivity contribution is 0.0729. The predicted molar refractivity (Wildman–Crippen MR) is 113 cm³/mol. The molecule has 0 atom stereocenters. The van der Waals surface area contributed by atoms with Gasteiger partial charge in [-0.05, 0) is 47.4 Å². The first kappa shape index (κ1) is 20.4. The normalized spacial score (nSPS) is 10.4. The number of pyridine rings is 1. The molecule has 1 heterocycles. The number of carbonyl (C=O) groups excluding carboxylic acids is 1. The standard InChI is InChI=1S/C24H26N2O3/c1-4-18-7-9-19(10-8-18)16-26(17-20-6-5-13-25-15-20)24(27)21-11-12-22(28-2)23(14-21)29-3/h5-15H,4,16-17H2,1-3H3. The van der Waals surface area contributed by atoms with Gasteiger partial charge in [-0.1, -0.05) is 37.3 Å². The van der Waals surface area contributed by atoms with Crippen molar-refractivity contribution in [3.8, 4) is 11.5 Å². The van der Waals surface area contributed by atoms with Crippen molar-refractivity contribution in [1.82, 2.24) is 9.88 Å². The van der Waals surface area contributed by atoms with E-state index in [2.05, 4.69) is 36.2 Å². The van der Waals surface area contributed by atoms with Crippen LogP contribution in [0.15, 0.2) is 67.0 Å². The summed E-state index contributed by atoms with van der Waals surface area (Å²) in [4.78, 5) is 19.3. The first-order valence-corrected chi connectivity index (χ1v) is 9.62. The zero-order valence-corrected chi connectivity index (χ0v) is 17.1. The largest absolute Gasteiger partial charge is 0.493 e. The number of amides is 1. The second kappa shape index (κ2) is 9.73. The molecular weight excluding hydrogens is 364 g/mol. The molecule has 3 aromatic rings. The fourth-order valence-electron chi connectivity index (χ4n) is 3.16. The Balaban J connectivity index is 1.89. The number of methoxy groups -OCH3 is 2. The fraction of sp³-hybridized carbons (Fsp3) is 0.250. The molecule has 150 valence electrons. The first-order valence-electron chi connectivity index (χ1n) is 9.62. The summed E-state index contributed by atoms with van der Waals surface area (Å²) in [7, 11) is 3.14. The van der Waals surface area contributed by atoms with E-state index in [0.29, 0.717) is 30.2 Å². The number of benzene rings is 2. The van der Waals surface area contributed by atoms with Crippen LogP contribution in [-0.2, 0) is 19.5 Å². The molecule has 0 fully saturated rings. The molecule has 2 aromatic carbocycles. The number of carbonyl (C=O) groups is 1. The van der Waals surface area contributed by atoms with Crippen molar-refractivity contribution in [2.75, 3.05) is 14.2 Å². The minimum Gasteiger partial charge on any atom is -0.493 e. The molecule has 5 nitrogen and oxygen atoms in total. The smallest absolute Gasteiger partial charge is 0.254 e. The van der Waals surface area contributed by atoms with Crippen LogP contribution < -0.4 is 9.47 Å². The van der Waals surface area contributed by atoms with E-state index in [-0.39, 0.29) is 5.91 Å². The highest BCUT2D eigenvalue weighted by Crippen LogP contribution is 2.28. The maximum absolute atomic E-state index is 13.4. The van der Waals surface area contributed by atoms with Gasteiger partial charge in [0.1, 0.15) is 0 Å². The van der Waals surface area contributed by atoms with Gasteiger partial charge in [0.15, 0.2) is 11.5 Å². The quantitative estimate of drug-likeness (QED) is 0.568. The number of hydrogen-bond donors (Lipinski definition) is 0. The first-order chi connectivity index (χ1) is 14.1. The minimum absolute atomic E-state index is 0.0747. The Kier molecular flexibility index (Phi) is 6.85. The maximum atomic E-state index is 13.4. The van der Waals surface area contributed by atoms with E-state index in [0.717, 1.165) is 17.5 Å². The van der Waals surface area contributed by atoms with E-state index in [1.807, 2.05) is 17.0 Å². The Morgan fingerprint density at radius 3 is 2.21 bits per heavy atom. The monoisotopic (exact) mass is 390 g/mol. The average Bonchev–Trinajstić information content (AvgIpc) is 2.78. The summed E-state index contributed by atoms with van der Waals surface area (Å²) < 4.78 is 10.6. The lowest BCUT2D eigenvalue weighted by Gasteiger charge is -2.23. The molecule has 1 aromatic heterocycles. The molecule has 0 aliphatic rings. The van der Waals surface area contributed by atoms with Gasteiger partial charge in [0.05, 0.1) is 14.2 Å². The molecule has 29 heavy (non-hydrogen) atoms. The lowest BCUT2D eigenvalue weighted by Crippen LogP contribution is -2.30. The van der Waals surface area contributed by atoms with Gasteiger partial charge in [-0.25, -0.2) is 0 Å². The fourth-order valence-corrected chi connectivity index (χ4v) is 3.16. The Morgan fingerprint density at radius 1 is 0.897 bits per heavy atom. The van der Waals surface area contributed by atoms with Crippen LogP contribution in [0.4, 0.5) is 0 Å². The summed E-state index contributed by atoms with van der Waals surface area (Å²) in [5.41, 5.74) is 3.89. The summed E-state index contributed by atoms with van der Waals surface area (Å²) in [5.74, 6) is 1.05. The molecular formula is C24H26N2O3. The van der Waals surface area contributed by atoms with Crippen LogP contribution in [0.3, 0.4) is 0 Å². The van der Waals surface area contributed by atoms with Crippen molar-refractivity contribution in [1.29, 1.82) is 0 Å². The summed E-state index contributed by atoms with van der Waals surface area (Å²) in [6.45, 7) is 3.10. The predicted octanol–water partition coefficient (Wildman–Crippen LogP) is 4.50. The van der Waals surface area contributed by atoms with E-state index >= 15 is 0 Å². The number of nitrogens with zero attached hydrogens (tertiary/aromatic N) is 2. The molecule has 3 rings (SSSR count). The third-order valence-corrected chi connectivity index (χ3v) is 4.82. The topological polar surface area (TPSA) is 51.7 Å². The molecule has 0 N–H and O–H groups in total. The lowest BCUT2D eigenvalue weighted by atomic mass is 10.1. The van der Waals surface area contributed by atoms with Gasteiger partial charge in [0, 0.05) is 31.0 Å². The Bertz CT molecular complexity index is 940. The molecule has 0 aliphatic carbocycles. The molecule has 0 saturated carbocycles. The van der Waals surface area contributed by atoms with Gasteiger partial charge in [-0.15, -0.1) is 0 Å². The second-order valence-electron chi connectivity index (χ2n) is 6.76. The Hall–Kier alpha value is -3.34. The average molecular weight is 390 g/mol. The van der Waals surface area contributed by atoms with E-state index in [9.17, 15) is 4.79 Å². The number of aryl methyl sites for hydroxylation is 1.